The zero-order chi connectivity index (χ0) is 15.6. The molecule has 3 nitrogen and oxygen atoms in total. The van der Waals surface area contributed by atoms with Gasteiger partial charge in [0.1, 0.15) is 0 Å². The van der Waals surface area contributed by atoms with Gasteiger partial charge < -0.3 is 10.6 Å². The zero-order valence-corrected chi connectivity index (χ0v) is 14.8. The second kappa shape index (κ2) is 6.39. The number of carbonyl (C=O) groups is 1. The number of carbonyl (C=O) groups excluding carboxylic acids is 1. The van der Waals surface area contributed by atoms with Crippen molar-refractivity contribution in [2.75, 3.05) is 18.8 Å². The van der Waals surface area contributed by atoms with E-state index in [-0.39, 0.29) is 5.91 Å². The molecule has 0 saturated carbocycles. The minimum Gasteiger partial charge on any atom is -0.398 e. The Hall–Kier alpha value is -1.03. The van der Waals surface area contributed by atoms with Crippen molar-refractivity contribution in [3.63, 3.8) is 0 Å². The van der Waals surface area contributed by atoms with Crippen molar-refractivity contribution < 1.29 is 4.79 Å². The topological polar surface area (TPSA) is 46.3 Å². The molecule has 0 bridgehead atoms. The average molecular weight is 353 g/mol. The molecule has 4 heteroatoms. The maximum atomic E-state index is 12.8. The highest BCUT2D eigenvalue weighted by Crippen LogP contribution is 2.38. The molecule has 1 aliphatic heterocycles. The Morgan fingerprint density at radius 3 is 2.38 bits per heavy atom. The Morgan fingerprint density at radius 1 is 1.29 bits per heavy atom. The molecule has 2 rings (SSSR count). The Bertz CT molecular complexity index is 528. The van der Waals surface area contributed by atoms with Crippen LogP contribution in [-0.2, 0) is 0 Å². The van der Waals surface area contributed by atoms with Gasteiger partial charge in [0.05, 0.1) is 0 Å². The lowest BCUT2D eigenvalue weighted by atomic mass is 9.74. The smallest absolute Gasteiger partial charge is 0.254 e. The van der Waals surface area contributed by atoms with Crippen LogP contribution in [0.15, 0.2) is 16.6 Å². The molecule has 1 fully saturated rings. The Balaban J connectivity index is 2.16. The van der Waals surface area contributed by atoms with Crippen LogP contribution in [0.1, 0.15) is 55.5 Å². The van der Waals surface area contributed by atoms with Crippen molar-refractivity contribution >= 4 is 27.5 Å². The third-order valence-corrected chi connectivity index (χ3v) is 5.71. The van der Waals surface area contributed by atoms with Crippen LogP contribution in [0.4, 0.5) is 5.69 Å². The third kappa shape index (κ3) is 3.25. The lowest BCUT2D eigenvalue weighted by Gasteiger charge is -2.41. The summed E-state index contributed by atoms with van der Waals surface area (Å²) < 4.78 is 0.863. The van der Waals surface area contributed by atoms with E-state index in [1.54, 1.807) is 0 Å². The lowest BCUT2D eigenvalue weighted by molar-refractivity contribution is 0.0557. The van der Waals surface area contributed by atoms with Crippen molar-refractivity contribution in [1.82, 2.24) is 4.90 Å². The van der Waals surface area contributed by atoms with E-state index in [0.29, 0.717) is 11.1 Å². The number of anilines is 1. The van der Waals surface area contributed by atoms with Gasteiger partial charge in [-0.05, 0) is 42.9 Å². The number of nitrogen functional groups attached to an aromatic ring is 1. The number of piperidine rings is 1. The van der Waals surface area contributed by atoms with Gasteiger partial charge in [-0.15, -0.1) is 0 Å². The first-order chi connectivity index (χ1) is 9.92. The fourth-order valence-corrected chi connectivity index (χ4v) is 3.71. The number of rotatable bonds is 3. The molecule has 0 atom stereocenters. The Labute approximate surface area is 136 Å². The van der Waals surface area contributed by atoms with Crippen LogP contribution in [-0.4, -0.2) is 23.9 Å². The number of halogens is 1. The van der Waals surface area contributed by atoms with E-state index in [4.69, 9.17) is 5.73 Å². The maximum absolute atomic E-state index is 12.8. The van der Waals surface area contributed by atoms with Crippen LogP contribution in [0.3, 0.4) is 0 Å². The molecule has 2 N–H and O–H groups in total. The monoisotopic (exact) mass is 352 g/mol. The van der Waals surface area contributed by atoms with Crippen molar-refractivity contribution in [1.29, 1.82) is 0 Å². The number of amides is 1. The van der Waals surface area contributed by atoms with Gasteiger partial charge in [-0.25, -0.2) is 0 Å². The fraction of sp³-hybridized carbons (Fsp3) is 0.588. The summed E-state index contributed by atoms with van der Waals surface area (Å²) in [7, 11) is 0. The van der Waals surface area contributed by atoms with Crippen molar-refractivity contribution in [3.8, 4) is 0 Å². The molecule has 116 valence electrons. The Morgan fingerprint density at radius 2 is 1.86 bits per heavy atom. The van der Waals surface area contributed by atoms with Crippen LogP contribution in [0.5, 0.6) is 0 Å². The van der Waals surface area contributed by atoms with E-state index in [1.165, 1.54) is 12.8 Å². The second-order valence-electron chi connectivity index (χ2n) is 6.17. The summed E-state index contributed by atoms with van der Waals surface area (Å²) in [4.78, 5) is 14.7. The molecular weight excluding hydrogens is 328 g/mol. The molecule has 0 aromatic heterocycles. The first-order valence-electron chi connectivity index (χ1n) is 7.77. The highest BCUT2D eigenvalue weighted by Gasteiger charge is 2.33. The molecule has 0 unspecified atom stereocenters. The fourth-order valence-electron chi connectivity index (χ4n) is 3.23. The van der Waals surface area contributed by atoms with Gasteiger partial charge >= 0.3 is 0 Å². The van der Waals surface area contributed by atoms with Gasteiger partial charge in [0.2, 0.25) is 0 Å². The molecule has 21 heavy (non-hydrogen) atoms. The van der Waals surface area contributed by atoms with E-state index in [9.17, 15) is 4.79 Å². The van der Waals surface area contributed by atoms with Gasteiger partial charge in [-0.1, -0.05) is 42.6 Å². The normalized spacial score (nSPS) is 17.8. The van der Waals surface area contributed by atoms with Crippen LogP contribution in [0.2, 0.25) is 0 Å². The lowest BCUT2D eigenvalue weighted by Crippen LogP contribution is -2.43. The SMILES string of the molecule is CCC1(CC)CCN(C(=O)c2cc(Br)cc(N)c2C)CC1. The van der Waals surface area contributed by atoms with Crippen LogP contribution < -0.4 is 5.73 Å². The van der Waals surface area contributed by atoms with Gasteiger partial charge in [0.25, 0.3) is 5.91 Å². The number of hydrogen-bond donors (Lipinski definition) is 1. The summed E-state index contributed by atoms with van der Waals surface area (Å²) in [6.45, 7) is 8.15. The van der Waals surface area contributed by atoms with E-state index in [0.717, 1.165) is 41.5 Å². The number of likely N-dealkylation sites (tertiary alicyclic amines) is 1. The van der Waals surface area contributed by atoms with Crippen LogP contribution in [0.25, 0.3) is 0 Å². The van der Waals surface area contributed by atoms with Gasteiger partial charge in [-0.3, -0.25) is 4.79 Å². The standard InChI is InChI=1S/C17H25BrN2O/c1-4-17(5-2)6-8-20(9-7-17)16(21)14-10-13(18)11-15(19)12(14)3/h10-11H,4-9,19H2,1-3H3. The average Bonchev–Trinajstić information content (AvgIpc) is 2.50. The molecular formula is C17H25BrN2O. The predicted molar refractivity (Wildman–Crippen MR) is 91.4 cm³/mol. The summed E-state index contributed by atoms with van der Waals surface area (Å²) >= 11 is 3.43. The molecule has 0 aliphatic carbocycles. The summed E-state index contributed by atoms with van der Waals surface area (Å²) in [6, 6.07) is 3.73. The molecule has 1 aromatic rings. The van der Waals surface area contributed by atoms with Crippen LogP contribution >= 0.6 is 15.9 Å². The zero-order valence-electron chi connectivity index (χ0n) is 13.2. The quantitative estimate of drug-likeness (QED) is 0.820. The molecule has 0 radical (unpaired) electrons. The maximum Gasteiger partial charge on any atom is 0.254 e. The van der Waals surface area contributed by atoms with Gasteiger partial charge in [0, 0.05) is 28.8 Å². The Kier molecular flexibility index (Phi) is 4.97. The number of nitrogens with zero attached hydrogens (tertiary/aromatic N) is 1. The number of nitrogens with two attached hydrogens (primary N) is 1. The molecule has 0 spiro atoms. The highest BCUT2D eigenvalue weighted by atomic mass is 79.9. The minimum atomic E-state index is 0.112. The summed E-state index contributed by atoms with van der Waals surface area (Å²) in [5.74, 6) is 0.112. The van der Waals surface area contributed by atoms with Gasteiger partial charge in [0.15, 0.2) is 0 Å². The minimum absolute atomic E-state index is 0.112. The number of hydrogen-bond acceptors (Lipinski definition) is 2. The number of benzene rings is 1. The largest absolute Gasteiger partial charge is 0.398 e. The highest BCUT2D eigenvalue weighted by molar-refractivity contribution is 9.10. The molecule has 1 aliphatic rings. The molecule has 1 heterocycles. The second-order valence-corrected chi connectivity index (χ2v) is 7.08. The van der Waals surface area contributed by atoms with E-state index in [2.05, 4.69) is 29.8 Å². The van der Waals surface area contributed by atoms with Crippen LogP contribution in [0, 0.1) is 12.3 Å². The van der Waals surface area contributed by atoms with E-state index in [1.807, 2.05) is 24.0 Å². The first kappa shape index (κ1) is 16.3. The molecule has 1 amide bonds. The molecule has 1 saturated heterocycles. The van der Waals surface area contributed by atoms with E-state index >= 15 is 0 Å². The summed E-state index contributed by atoms with van der Waals surface area (Å²) in [6.07, 6.45) is 4.62. The predicted octanol–water partition coefficient (Wildman–Crippen LogP) is 4.38. The van der Waals surface area contributed by atoms with Crippen molar-refractivity contribution in [2.45, 2.75) is 46.5 Å². The summed E-state index contributed by atoms with van der Waals surface area (Å²) in [5.41, 5.74) is 8.68. The first-order valence-corrected chi connectivity index (χ1v) is 8.56. The van der Waals surface area contributed by atoms with Crippen molar-refractivity contribution in [3.05, 3.63) is 27.7 Å². The van der Waals surface area contributed by atoms with Crippen molar-refractivity contribution in [2.24, 2.45) is 5.41 Å². The molecule has 1 aromatic carbocycles. The van der Waals surface area contributed by atoms with Gasteiger partial charge in [-0.2, -0.15) is 0 Å². The third-order valence-electron chi connectivity index (χ3n) is 5.25. The summed E-state index contributed by atoms with van der Waals surface area (Å²) in [5, 5.41) is 0. The van der Waals surface area contributed by atoms with E-state index < -0.39 is 0 Å².